The molecule has 0 saturated carbocycles. The fourth-order valence-electron chi connectivity index (χ4n) is 1.73. The summed E-state index contributed by atoms with van der Waals surface area (Å²) in [6.45, 7) is 1.97. The molecule has 0 aliphatic carbocycles. The zero-order valence-corrected chi connectivity index (χ0v) is 13.6. The summed E-state index contributed by atoms with van der Waals surface area (Å²) in [5.74, 6) is 0. The van der Waals surface area contributed by atoms with Gasteiger partial charge in [0.15, 0.2) is 0 Å². The van der Waals surface area contributed by atoms with Crippen molar-refractivity contribution < 1.29 is 0 Å². The Balaban J connectivity index is 2.45. The quantitative estimate of drug-likeness (QED) is 0.583. The number of thiocarbonyl (C=S) groups is 1. The largest absolute Gasteiger partial charge is 0.389 e. The third-order valence-corrected chi connectivity index (χ3v) is 3.97. The lowest BCUT2D eigenvalue weighted by Gasteiger charge is -2.14. The minimum absolute atomic E-state index is 0.312. The first kappa shape index (κ1) is 15.4. The first-order chi connectivity index (χ1) is 9.38. The average molecular weight is 346 g/mol. The minimum Gasteiger partial charge on any atom is -0.389 e. The monoisotopic (exact) mass is 344 g/mol. The van der Waals surface area contributed by atoms with Crippen molar-refractivity contribution in [1.29, 1.82) is 0 Å². The second-order valence-corrected chi connectivity index (χ2v) is 5.95. The van der Waals surface area contributed by atoms with Gasteiger partial charge in [-0.05, 0) is 31.2 Å². The number of aryl methyl sites for hydroxylation is 1. The summed E-state index contributed by atoms with van der Waals surface area (Å²) >= 11 is 23.1. The van der Waals surface area contributed by atoms with E-state index in [1.807, 2.05) is 25.1 Å². The number of benzene rings is 2. The molecule has 0 atom stereocenters. The molecule has 0 aromatic heterocycles. The summed E-state index contributed by atoms with van der Waals surface area (Å²) in [6, 6.07) is 9.01. The second-order valence-electron chi connectivity index (χ2n) is 4.28. The maximum Gasteiger partial charge on any atom is 0.106 e. The molecule has 3 N–H and O–H groups in total. The molecule has 6 heteroatoms. The fraction of sp³-hybridized carbons (Fsp3) is 0.0714. The highest BCUT2D eigenvalue weighted by molar-refractivity contribution is 7.80. The standard InChI is InChI=1S/C14H11Cl3N2S/c1-7-2-3-12(8(4-7)14(18)20)19-13-6-10(16)9(15)5-11(13)17/h2-6,19H,1H3,(H2,18,20). The van der Waals surface area contributed by atoms with Crippen molar-refractivity contribution >= 4 is 63.4 Å². The lowest BCUT2D eigenvalue weighted by molar-refractivity contribution is 1.43. The topological polar surface area (TPSA) is 38.0 Å². The summed E-state index contributed by atoms with van der Waals surface area (Å²) in [6.07, 6.45) is 0. The molecule has 20 heavy (non-hydrogen) atoms. The highest BCUT2D eigenvalue weighted by Gasteiger charge is 2.10. The highest BCUT2D eigenvalue weighted by atomic mass is 35.5. The van der Waals surface area contributed by atoms with Gasteiger partial charge in [-0.3, -0.25) is 0 Å². The Morgan fingerprint density at radius 2 is 1.65 bits per heavy atom. The van der Waals surface area contributed by atoms with E-state index in [-0.39, 0.29) is 0 Å². The lowest BCUT2D eigenvalue weighted by Crippen LogP contribution is -2.12. The molecule has 0 fully saturated rings. The highest BCUT2D eigenvalue weighted by Crippen LogP contribution is 2.34. The average Bonchev–Trinajstić information content (AvgIpc) is 2.37. The van der Waals surface area contributed by atoms with Gasteiger partial charge in [-0.25, -0.2) is 0 Å². The van der Waals surface area contributed by atoms with E-state index in [1.54, 1.807) is 12.1 Å². The smallest absolute Gasteiger partial charge is 0.106 e. The molecule has 2 nitrogen and oxygen atoms in total. The zero-order chi connectivity index (χ0) is 14.9. The van der Waals surface area contributed by atoms with E-state index in [0.717, 1.165) is 16.8 Å². The predicted octanol–water partition coefficient (Wildman–Crippen LogP) is 5.33. The number of rotatable bonds is 3. The van der Waals surface area contributed by atoms with Crippen molar-refractivity contribution in [2.45, 2.75) is 6.92 Å². The number of hydrogen-bond acceptors (Lipinski definition) is 2. The number of nitrogens with two attached hydrogens (primary N) is 1. The third-order valence-electron chi connectivity index (χ3n) is 2.72. The Kier molecular flexibility index (Phi) is 4.76. The zero-order valence-electron chi connectivity index (χ0n) is 10.5. The van der Waals surface area contributed by atoms with Crippen LogP contribution in [0.5, 0.6) is 0 Å². The van der Waals surface area contributed by atoms with Crippen LogP contribution in [-0.4, -0.2) is 4.99 Å². The van der Waals surface area contributed by atoms with Gasteiger partial charge in [0.2, 0.25) is 0 Å². The van der Waals surface area contributed by atoms with Crippen LogP contribution in [0, 0.1) is 6.92 Å². The van der Waals surface area contributed by atoms with Crippen molar-refractivity contribution in [1.82, 2.24) is 0 Å². The van der Waals surface area contributed by atoms with Crippen molar-refractivity contribution in [3.63, 3.8) is 0 Å². The van der Waals surface area contributed by atoms with E-state index < -0.39 is 0 Å². The van der Waals surface area contributed by atoms with Gasteiger partial charge in [-0.2, -0.15) is 0 Å². The number of anilines is 2. The molecule has 2 aromatic carbocycles. The van der Waals surface area contributed by atoms with Gasteiger partial charge < -0.3 is 11.1 Å². The van der Waals surface area contributed by atoms with Crippen LogP contribution in [0.1, 0.15) is 11.1 Å². The maximum atomic E-state index is 6.14. The van der Waals surface area contributed by atoms with E-state index >= 15 is 0 Å². The Labute approximate surface area is 137 Å². The van der Waals surface area contributed by atoms with Crippen LogP contribution in [-0.2, 0) is 0 Å². The molecule has 0 radical (unpaired) electrons. The molecule has 0 aliphatic heterocycles. The van der Waals surface area contributed by atoms with Gasteiger partial charge in [-0.15, -0.1) is 0 Å². The molecule has 0 heterocycles. The van der Waals surface area contributed by atoms with E-state index in [9.17, 15) is 0 Å². The van der Waals surface area contributed by atoms with Gasteiger partial charge in [0.25, 0.3) is 0 Å². The first-order valence-corrected chi connectivity index (χ1v) is 7.24. The van der Waals surface area contributed by atoms with Crippen LogP contribution in [0.15, 0.2) is 30.3 Å². The van der Waals surface area contributed by atoms with E-state index in [4.69, 9.17) is 52.8 Å². The van der Waals surface area contributed by atoms with Gasteiger partial charge in [0.05, 0.1) is 20.8 Å². The predicted molar refractivity (Wildman–Crippen MR) is 91.8 cm³/mol. The molecule has 2 aromatic rings. The summed E-state index contributed by atoms with van der Waals surface area (Å²) in [5.41, 5.74) is 8.97. The molecule has 0 spiro atoms. The van der Waals surface area contributed by atoms with Crippen LogP contribution < -0.4 is 11.1 Å². The summed E-state index contributed by atoms with van der Waals surface area (Å²) < 4.78 is 0. The van der Waals surface area contributed by atoms with E-state index in [0.29, 0.717) is 25.7 Å². The van der Waals surface area contributed by atoms with Crippen LogP contribution in [0.25, 0.3) is 0 Å². The molecule has 0 amide bonds. The van der Waals surface area contributed by atoms with E-state index in [1.165, 1.54) is 0 Å². The van der Waals surface area contributed by atoms with Gasteiger partial charge >= 0.3 is 0 Å². The molecule has 0 unspecified atom stereocenters. The van der Waals surface area contributed by atoms with Crippen molar-refractivity contribution in [2.75, 3.05) is 5.32 Å². The van der Waals surface area contributed by atoms with Crippen molar-refractivity contribution in [3.05, 3.63) is 56.5 Å². The summed E-state index contributed by atoms with van der Waals surface area (Å²) in [7, 11) is 0. The Hall–Kier alpha value is -1.000. The Morgan fingerprint density at radius 1 is 1.00 bits per heavy atom. The molecule has 0 aliphatic rings. The van der Waals surface area contributed by atoms with Crippen molar-refractivity contribution in [2.24, 2.45) is 5.73 Å². The second kappa shape index (κ2) is 6.19. The molecule has 2 rings (SSSR count). The third kappa shape index (κ3) is 3.36. The molecular formula is C14H11Cl3N2S. The van der Waals surface area contributed by atoms with Crippen LogP contribution in [0.3, 0.4) is 0 Å². The lowest BCUT2D eigenvalue weighted by atomic mass is 10.1. The minimum atomic E-state index is 0.312. The number of halogens is 3. The molecule has 0 saturated heterocycles. The number of hydrogen-bond donors (Lipinski definition) is 2. The van der Waals surface area contributed by atoms with Crippen LogP contribution in [0.4, 0.5) is 11.4 Å². The maximum absolute atomic E-state index is 6.14. The van der Waals surface area contributed by atoms with Gasteiger partial charge in [0.1, 0.15) is 4.99 Å². The van der Waals surface area contributed by atoms with Crippen molar-refractivity contribution in [3.8, 4) is 0 Å². The Bertz CT molecular complexity index is 686. The summed E-state index contributed by atoms with van der Waals surface area (Å²) in [5, 5.41) is 4.46. The molecule has 0 bridgehead atoms. The van der Waals surface area contributed by atoms with E-state index in [2.05, 4.69) is 5.32 Å². The van der Waals surface area contributed by atoms with Crippen LogP contribution in [0.2, 0.25) is 15.1 Å². The summed E-state index contributed by atoms with van der Waals surface area (Å²) in [4.78, 5) is 0.312. The first-order valence-electron chi connectivity index (χ1n) is 5.70. The normalized spacial score (nSPS) is 10.4. The molecular weight excluding hydrogens is 335 g/mol. The SMILES string of the molecule is Cc1ccc(Nc2cc(Cl)c(Cl)cc2Cl)c(C(N)=S)c1. The van der Waals surface area contributed by atoms with Crippen LogP contribution >= 0.6 is 47.0 Å². The number of nitrogens with one attached hydrogen (secondary N) is 1. The molecule has 104 valence electrons. The Morgan fingerprint density at radius 3 is 2.30 bits per heavy atom. The van der Waals surface area contributed by atoms with Gasteiger partial charge in [-0.1, -0.05) is 58.7 Å². The fourth-order valence-corrected chi connectivity index (χ4v) is 2.50. The van der Waals surface area contributed by atoms with Gasteiger partial charge in [0, 0.05) is 11.3 Å².